The lowest BCUT2D eigenvalue weighted by atomic mass is 10.0. The number of carbonyl (C=O) groups is 1. The van der Waals surface area contributed by atoms with Crippen molar-refractivity contribution in [1.82, 2.24) is 10.2 Å². The zero-order valence-corrected chi connectivity index (χ0v) is 9.31. The third kappa shape index (κ3) is 2.23. The maximum Gasteiger partial charge on any atom is 0.335 e. The predicted molar refractivity (Wildman–Crippen MR) is 61.6 cm³/mol. The first-order valence-electron chi connectivity index (χ1n) is 5.42. The lowest BCUT2D eigenvalue weighted by molar-refractivity contribution is 0.0696. The SMILES string of the molecule is CN1CCNCC1c1cccc(C(=O)O)c1. The standard InChI is InChI=1S/C12H16N2O2/c1-14-6-5-13-8-11(14)9-3-2-4-10(7-9)12(15)16/h2-4,7,11,13H,5-6,8H2,1H3,(H,15,16). The molecule has 1 aromatic carbocycles. The van der Waals surface area contributed by atoms with Gasteiger partial charge in [0.25, 0.3) is 0 Å². The molecule has 0 bridgehead atoms. The molecule has 1 fully saturated rings. The molecule has 4 heteroatoms. The summed E-state index contributed by atoms with van der Waals surface area (Å²) in [6.45, 7) is 2.85. The molecular weight excluding hydrogens is 204 g/mol. The number of nitrogens with one attached hydrogen (secondary N) is 1. The number of likely N-dealkylation sites (N-methyl/N-ethyl adjacent to an activating group) is 1. The number of nitrogens with zero attached hydrogens (tertiary/aromatic N) is 1. The van der Waals surface area contributed by atoms with E-state index in [0.29, 0.717) is 5.56 Å². The lowest BCUT2D eigenvalue weighted by Crippen LogP contribution is -2.43. The summed E-state index contributed by atoms with van der Waals surface area (Å²) < 4.78 is 0. The Morgan fingerprint density at radius 2 is 2.38 bits per heavy atom. The highest BCUT2D eigenvalue weighted by Gasteiger charge is 2.20. The molecular formula is C12H16N2O2. The normalized spacial score (nSPS) is 21.9. The molecule has 1 aliphatic rings. The van der Waals surface area contributed by atoms with Crippen LogP contribution in [0.15, 0.2) is 24.3 Å². The number of hydrogen-bond acceptors (Lipinski definition) is 3. The molecule has 0 amide bonds. The quantitative estimate of drug-likeness (QED) is 0.779. The Morgan fingerprint density at radius 3 is 3.06 bits per heavy atom. The number of carboxylic acids is 1. The molecule has 1 saturated heterocycles. The fourth-order valence-electron chi connectivity index (χ4n) is 2.06. The van der Waals surface area contributed by atoms with Gasteiger partial charge < -0.3 is 10.4 Å². The van der Waals surface area contributed by atoms with Gasteiger partial charge in [0.15, 0.2) is 0 Å². The molecule has 0 saturated carbocycles. The second-order valence-corrected chi connectivity index (χ2v) is 4.13. The van der Waals surface area contributed by atoms with E-state index in [1.54, 1.807) is 18.2 Å². The number of rotatable bonds is 2. The van der Waals surface area contributed by atoms with Crippen LogP contribution in [0.4, 0.5) is 0 Å². The van der Waals surface area contributed by atoms with Gasteiger partial charge in [-0.3, -0.25) is 4.90 Å². The highest BCUT2D eigenvalue weighted by molar-refractivity contribution is 5.87. The zero-order chi connectivity index (χ0) is 11.5. The van der Waals surface area contributed by atoms with Gasteiger partial charge in [-0.1, -0.05) is 12.1 Å². The minimum atomic E-state index is -0.867. The first-order valence-corrected chi connectivity index (χ1v) is 5.42. The van der Waals surface area contributed by atoms with Crippen LogP contribution in [-0.2, 0) is 0 Å². The van der Waals surface area contributed by atoms with Crippen LogP contribution in [0.25, 0.3) is 0 Å². The maximum atomic E-state index is 10.9. The number of piperazine rings is 1. The summed E-state index contributed by atoms with van der Waals surface area (Å²) >= 11 is 0. The van der Waals surface area contributed by atoms with Gasteiger partial charge in [-0.05, 0) is 24.7 Å². The summed E-state index contributed by atoms with van der Waals surface area (Å²) in [7, 11) is 2.07. The van der Waals surface area contributed by atoms with Crippen LogP contribution < -0.4 is 5.32 Å². The van der Waals surface area contributed by atoms with Crippen molar-refractivity contribution < 1.29 is 9.90 Å². The lowest BCUT2D eigenvalue weighted by Gasteiger charge is -2.33. The Kier molecular flexibility index (Phi) is 3.22. The molecule has 1 aliphatic heterocycles. The first-order chi connectivity index (χ1) is 7.68. The Balaban J connectivity index is 2.25. The minimum absolute atomic E-state index is 0.271. The average molecular weight is 220 g/mol. The van der Waals surface area contributed by atoms with E-state index < -0.39 is 5.97 Å². The van der Waals surface area contributed by atoms with E-state index in [0.717, 1.165) is 25.2 Å². The molecule has 1 atom stereocenters. The van der Waals surface area contributed by atoms with E-state index in [1.165, 1.54) is 0 Å². The molecule has 2 N–H and O–H groups in total. The molecule has 86 valence electrons. The number of hydrogen-bond donors (Lipinski definition) is 2. The fourth-order valence-corrected chi connectivity index (χ4v) is 2.06. The highest BCUT2D eigenvalue weighted by atomic mass is 16.4. The molecule has 1 unspecified atom stereocenters. The second kappa shape index (κ2) is 4.63. The van der Waals surface area contributed by atoms with Crippen molar-refractivity contribution in [2.75, 3.05) is 26.7 Å². The van der Waals surface area contributed by atoms with Crippen molar-refractivity contribution in [3.8, 4) is 0 Å². The average Bonchev–Trinajstić information content (AvgIpc) is 2.30. The van der Waals surface area contributed by atoms with Crippen molar-refractivity contribution in [1.29, 1.82) is 0 Å². The van der Waals surface area contributed by atoms with Gasteiger partial charge in [-0.2, -0.15) is 0 Å². The maximum absolute atomic E-state index is 10.9. The molecule has 16 heavy (non-hydrogen) atoms. The molecule has 1 aromatic rings. The van der Waals surface area contributed by atoms with Gasteiger partial charge in [0.1, 0.15) is 0 Å². The fraction of sp³-hybridized carbons (Fsp3) is 0.417. The van der Waals surface area contributed by atoms with E-state index in [1.807, 2.05) is 6.07 Å². The first kappa shape index (κ1) is 11.1. The third-order valence-electron chi connectivity index (χ3n) is 3.03. The monoisotopic (exact) mass is 220 g/mol. The van der Waals surface area contributed by atoms with E-state index >= 15 is 0 Å². The molecule has 4 nitrogen and oxygen atoms in total. The predicted octanol–water partition coefficient (Wildman–Crippen LogP) is 0.961. The molecule has 2 rings (SSSR count). The third-order valence-corrected chi connectivity index (χ3v) is 3.03. The Hall–Kier alpha value is -1.39. The summed E-state index contributed by atoms with van der Waals surface area (Å²) in [5, 5.41) is 12.3. The van der Waals surface area contributed by atoms with Crippen LogP contribution in [0.1, 0.15) is 22.0 Å². The summed E-state index contributed by atoms with van der Waals surface area (Å²) in [5.41, 5.74) is 1.42. The van der Waals surface area contributed by atoms with E-state index in [4.69, 9.17) is 5.11 Å². The smallest absolute Gasteiger partial charge is 0.335 e. The summed E-state index contributed by atoms with van der Waals surface area (Å²) in [6.07, 6.45) is 0. The van der Waals surface area contributed by atoms with Crippen LogP contribution in [0, 0.1) is 0 Å². The Labute approximate surface area is 94.9 Å². The Morgan fingerprint density at radius 1 is 1.56 bits per heavy atom. The topological polar surface area (TPSA) is 52.6 Å². The van der Waals surface area contributed by atoms with E-state index in [9.17, 15) is 4.79 Å². The van der Waals surface area contributed by atoms with Gasteiger partial charge in [-0.25, -0.2) is 4.79 Å². The summed E-state index contributed by atoms with van der Waals surface area (Å²) in [6, 6.07) is 7.45. The molecule has 0 spiro atoms. The molecule has 0 radical (unpaired) electrons. The van der Waals surface area contributed by atoms with Gasteiger partial charge in [0.2, 0.25) is 0 Å². The van der Waals surface area contributed by atoms with Crippen LogP contribution in [0.2, 0.25) is 0 Å². The van der Waals surface area contributed by atoms with Crippen LogP contribution in [0.5, 0.6) is 0 Å². The van der Waals surface area contributed by atoms with Crippen molar-refractivity contribution in [3.05, 3.63) is 35.4 Å². The second-order valence-electron chi connectivity index (χ2n) is 4.13. The van der Waals surface area contributed by atoms with Crippen LogP contribution in [0.3, 0.4) is 0 Å². The largest absolute Gasteiger partial charge is 0.478 e. The molecule has 1 heterocycles. The zero-order valence-electron chi connectivity index (χ0n) is 9.31. The number of carboxylic acid groups (broad SMARTS) is 1. The van der Waals surface area contributed by atoms with E-state index in [-0.39, 0.29) is 6.04 Å². The number of benzene rings is 1. The number of aromatic carboxylic acids is 1. The highest BCUT2D eigenvalue weighted by Crippen LogP contribution is 2.21. The van der Waals surface area contributed by atoms with Gasteiger partial charge in [0.05, 0.1) is 5.56 Å². The van der Waals surface area contributed by atoms with Crippen LogP contribution >= 0.6 is 0 Å². The molecule has 0 aliphatic carbocycles. The Bertz CT molecular complexity index is 392. The van der Waals surface area contributed by atoms with E-state index in [2.05, 4.69) is 17.3 Å². The van der Waals surface area contributed by atoms with Gasteiger partial charge in [0, 0.05) is 25.7 Å². The van der Waals surface area contributed by atoms with Crippen molar-refractivity contribution in [2.24, 2.45) is 0 Å². The van der Waals surface area contributed by atoms with Crippen molar-refractivity contribution >= 4 is 5.97 Å². The minimum Gasteiger partial charge on any atom is -0.478 e. The van der Waals surface area contributed by atoms with Gasteiger partial charge in [-0.15, -0.1) is 0 Å². The van der Waals surface area contributed by atoms with Gasteiger partial charge >= 0.3 is 5.97 Å². The van der Waals surface area contributed by atoms with Crippen LogP contribution in [-0.4, -0.2) is 42.7 Å². The van der Waals surface area contributed by atoms with Crippen molar-refractivity contribution in [2.45, 2.75) is 6.04 Å². The summed E-state index contributed by atoms with van der Waals surface area (Å²) in [5.74, 6) is -0.867. The molecule has 0 aromatic heterocycles. The van der Waals surface area contributed by atoms with Crippen molar-refractivity contribution in [3.63, 3.8) is 0 Å². The summed E-state index contributed by atoms with van der Waals surface area (Å²) in [4.78, 5) is 13.1.